The van der Waals surface area contributed by atoms with Crippen LogP contribution in [0.25, 0.3) is 22.6 Å². The first-order valence-electron chi connectivity index (χ1n) is 6.47. The van der Waals surface area contributed by atoms with Gasteiger partial charge in [0.25, 0.3) is 5.56 Å². The van der Waals surface area contributed by atoms with Crippen LogP contribution in [0.15, 0.2) is 53.5 Å². The molecule has 3 aromatic rings. The zero-order chi connectivity index (χ0) is 14.8. The molecule has 5 heteroatoms. The largest absolute Gasteiger partial charge is 0.493 e. The van der Waals surface area contributed by atoms with Crippen LogP contribution in [0.5, 0.6) is 5.88 Å². The van der Waals surface area contributed by atoms with Gasteiger partial charge in [-0.15, -0.1) is 0 Å². The number of hydrogen-bond acceptors (Lipinski definition) is 4. The van der Waals surface area contributed by atoms with Gasteiger partial charge in [0.15, 0.2) is 5.82 Å². The summed E-state index contributed by atoms with van der Waals surface area (Å²) in [4.78, 5) is 23.2. The van der Waals surface area contributed by atoms with E-state index in [1.165, 1.54) is 0 Å². The third kappa shape index (κ3) is 2.41. The zero-order valence-electron chi connectivity index (χ0n) is 11.4. The summed E-state index contributed by atoms with van der Waals surface area (Å²) in [7, 11) is 0. The third-order valence-corrected chi connectivity index (χ3v) is 3.20. The average Bonchev–Trinajstić information content (AvgIpc) is 2.48. The molecule has 1 aromatic carbocycles. The van der Waals surface area contributed by atoms with Gasteiger partial charge in [0.2, 0.25) is 5.88 Å². The lowest BCUT2D eigenvalue weighted by Crippen LogP contribution is -2.12. The van der Waals surface area contributed by atoms with Gasteiger partial charge in [-0.05, 0) is 24.1 Å². The van der Waals surface area contributed by atoms with E-state index in [9.17, 15) is 9.90 Å². The quantitative estimate of drug-likeness (QED) is 0.755. The van der Waals surface area contributed by atoms with Crippen LogP contribution < -0.4 is 5.56 Å². The molecule has 104 valence electrons. The minimum atomic E-state index is -0.395. The van der Waals surface area contributed by atoms with Crippen LogP contribution in [-0.2, 0) is 0 Å². The number of aromatic nitrogens is 3. The van der Waals surface area contributed by atoms with E-state index in [2.05, 4.69) is 15.0 Å². The highest BCUT2D eigenvalue weighted by Crippen LogP contribution is 2.25. The number of benzene rings is 1. The molecule has 3 rings (SSSR count). The molecule has 21 heavy (non-hydrogen) atoms. The van der Waals surface area contributed by atoms with Gasteiger partial charge in [-0.25, -0.2) is 0 Å². The van der Waals surface area contributed by atoms with Crippen LogP contribution in [0, 0.1) is 6.92 Å². The van der Waals surface area contributed by atoms with Crippen molar-refractivity contribution in [1.82, 2.24) is 15.0 Å². The van der Waals surface area contributed by atoms with Gasteiger partial charge in [-0.1, -0.05) is 36.4 Å². The molecule has 0 fully saturated rings. The molecule has 2 N–H and O–H groups in total. The maximum atomic E-state index is 12.3. The minimum absolute atomic E-state index is 0.160. The third-order valence-electron chi connectivity index (χ3n) is 3.20. The summed E-state index contributed by atoms with van der Waals surface area (Å²) < 4.78 is 0. The fourth-order valence-corrected chi connectivity index (χ4v) is 2.17. The molecule has 0 aliphatic rings. The summed E-state index contributed by atoms with van der Waals surface area (Å²) in [6.45, 7) is 1.87. The summed E-state index contributed by atoms with van der Waals surface area (Å²) in [6, 6.07) is 12.6. The number of pyridine rings is 1. The first-order valence-corrected chi connectivity index (χ1v) is 6.47. The Kier molecular flexibility index (Phi) is 3.23. The van der Waals surface area contributed by atoms with E-state index in [-0.39, 0.29) is 17.3 Å². The Morgan fingerprint density at radius 1 is 1.10 bits per heavy atom. The van der Waals surface area contributed by atoms with Gasteiger partial charge < -0.3 is 10.1 Å². The molecular weight excluding hydrogens is 266 g/mol. The molecule has 0 amide bonds. The van der Waals surface area contributed by atoms with Crippen molar-refractivity contribution < 1.29 is 5.11 Å². The molecule has 0 aliphatic carbocycles. The van der Waals surface area contributed by atoms with Gasteiger partial charge in [0, 0.05) is 6.20 Å². The van der Waals surface area contributed by atoms with E-state index < -0.39 is 5.56 Å². The summed E-state index contributed by atoms with van der Waals surface area (Å²) in [5, 5.41) is 10.1. The van der Waals surface area contributed by atoms with Crippen molar-refractivity contribution in [3.05, 3.63) is 64.6 Å². The van der Waals surface area contributed by atoms with Crippen molar-refractivity contribution in [2.75, 3.05) is 0 Å². The van der Waals surface area contributed by atoms with Crippen molar-refractivity contribution in [3.8, 4) is 28.5 Å². The molecule has 0 aliphatic heterocycles. The van der Waals surface area contributed by atoms with E-state index >= 15 is 0 Å². The van der Waals surface area contributed by atoms with Crippen LogP contribution in [0.1, 0.15) is 5.56 Å². The standard InChI is InChI=1S/C16H13N3O2/c1-10-6-5-9-17-13(10)14-18-15(20)12(16(21)19-14)11-7-3-2-4-8-11/h2-9H,1H3,(H2,18,19,20,21). The molecule has 0 atom stereocenters. The lowest BCUT2D eigenvalue weighted by molar-refractivity contribution is 0.454. The Morgan fingerprint density at radius 3 is 2.52 bits per heavy atom. The van der Waals surface area contributed by atoms with E-state index in [0.717, 1.165) is 5.56 Å². The van der Waals surface area contributed by atoms with Crippen molar-refractivity contribution in [3.63, 3.8) is 0 Å². The lowest BCUT2D eigenvalue weighted by Gasteiger charge is -2.07. The molecule has 2 aromatic heterocycles. The molecule has 0 radical (unpaired) electrons. The molecule has 0 bridgehead atoms. The summed E-state index contributed by atoms with van der Waals surface area (Å²) in [6.07, 6.45) is 1.62. The molecule has 0 unspecified atom stereocenters. The fraction of sp³-hybridized carbons (Fsp3) is 0.0625. The number of aryl methyl sites for hydroxylation is 1. The number of nitrogens with zero attached hydrogens (tertiary/aromatic N) is 2. The van der Waals surface area contributed by atoms with Crippen molar-refractivity contribution in [2.45, 2.75) is 6.92 Å². The number of nitrogens with one attached hydrogen (secondary N) is 1. The Morgan fingerprint density at radius 2 is 1.86 bits per heavy atom. The number of rotatable bonds is 2. The van der Waals surface area contributed by atoms with Crippen LogP contribution in [-0.4, -0.2) is 20.1 Å². The first kappa shape index (κ1) is 13.1. The highest BCUT2D eigenvalue weighted by Gasteiger charge is 2.15. The van der Waals surface area contributed by atoms with Crippen molar-refractivity contribution in [2.24, 2.45) is 0 Å². The number of H-pyrrole nitrogens is 1. The predicted octanol–water partition coefficient (Wildman–Crippen LogP) is 2.51. The summed E-state index contributed by atoms with van der Waals surface area (Å²) >= 11 is 0. The van der Waals surface area contributed by atoms with Gasteiger partial charge in [-0.2, -0.15) is 4.98 Å². The summed E-state index contributed by atoms with van der Waals surface area (Å²) in [5.74, 6) is -0.0414. The fourth-order valence-electron chi connectivity index (χ4n) is 2.17. The second-order valence-corrected chi connectivity index (χ2v) is 4.65. The monoisotopic (exact) mass is 279 g/mol. The maximum absolute atomic E-state index is 12.3. The van der Waals surface area contributed by atoms with Crippen LogP contribution in [0.2, 0.25) is 0 Å². The first-order chi connectivity index (χ1) is 10.2. The molecule has 0 saturated heterocycles. The highest BCUT2D eigenvalue weighted by molar-refractivity contribution is 5.69. The molecule has 0 spiro atoms. The van der Waals surface area contributed by atoms with Gasteiger partial charge in [0.05, 0.1) is 0 Å². The summed E-state index contributed by atoms with van der Waals surface area (Å²) in [5.41, 5.74) is 1.80. The Labute approximate surface area is 121 Å². The Bertz CT molecular complexity index is 842. The van der Waals surface area contributed by atoms with Crippen molar-refractivity contribution >= 4 is 0 Å². The predicted molar refractivity (Wildman–Crippen MR) is 79.9 cm³/mol. The topological polar surface area (TPSA) is 78.9 Å². The van der Waals surface area contributed by atoms with E-state index in [4.69, 9.17) is 0 Å². The van der Waals surface area contributed by atoms with Gasteiger partial charge in [-0.3, -0.25) is 9.78 Å². The average molecular weight is 279 g/mol. The second kappa shape index (κ2) is 5.20. The maximum Gasteiger partial charge on any atom is 0.262 e. The molecule has 5 nitrogen and oxygen atoms in total. The Hall–Kier alpha value is -2.95. The lowest BCUT2D eigenvalue weighted by atomic mass is 10.1. The Balaban J connectivity index is 2.18. The molecule has 0 saturated carbocycles. The van der Waals surface area contributed by atoms with Gasteiger partial charge in [0.1, 0.15) is 11.3 Å². The number of aromatic hydroxyl groups is 1. The zero-order valence-corrected chi connectivity index (χ0v) is 11.4. The highest BCUT2D eigenvalue weighted by atomic mass is 16.3. The van der Waals surface area contributed by atoms with E-state index in [0.29, 0.717) is 11.3 Å². The van der Waals surface area contributed by atoms with E-state index in [1.807, 2.05) is 19.1 Å². The smallest absolute Gasteiger partial charge is 0.262 e. The van der Waals surface area contributed by atoms with Crippen LogP contribution in [0.4, 0.5) is 0 Å². The minimum Gasteiger partial charge on any atom is -0.493 e. The SMILES string of the molecule is Cc1cccnc1-c1nc(O)c(-c2ccccc2)c(=O)[nH]1. The van der Waals surface area contributed by atoms with E-state index in [1.54, 1.807) is 36.5 Å². The van der Waals surface area contributed by atoms with Crippen LogP contribution >= 0.6 is 0 Å². The molecule has 2 heterocycles. The van der Waals surface area contributed by atoms with Gasteiger partial charge >= 0.3 is 0 Å². The molecular formula is C16H13N3O2. The second-order valence-electron chi connectivity index (χ2n) is 4.65. The number of aromatic amines is 1. The van der Waals surface area contributed by atoms with Crippen molar-refractivity contribution in [1.29, 1.82) is 0 Å². The normalized spacial score (nSPS) is 10.5. The number of hydrogen-bond donors (Lipinski definition) is 2. The van der Waals surface area contributed by atoms with Crippen LogP contribution in [0.3, 0.4) is 0 Å².